The summed E-state index contributed by atoms with van der Waals surface area (Å²) in [5.74, 6) is 0.504. The van der Waals surface area contributed by atoms with Crippen LogP contribution in [0.4, 0.5) is 4.39 Å². The Labute approximate surface area is 203 Å². The summed E-state index contributed by atoms with van der Waals surface area (Å²) in [7, 11) is -3.65. The number of rotatable bonds is 6. The molecule has 0 N–H and O–H groups in total. The molecular formula is C25H27FN4O4S. The standard InChI is InChI=1S/C25H27FN4O4S/c26-21-7-3-18(4-8-21)17-23-27-24(28-34-23)19-5-9-22(10-6-19)35(32,33)30-15-11-20(12-16-30)25(31)29-13-1-2-14-29/h3-10,20H,1-2,11-17H2. The molecule has 0 aliphatic carbocycles. The second kappa shape index (κ2) is 9.87. The highest BCUT2D eigenvalue weighted by molar-refractivity contribution is 7.89. The SMILES string of the molecule is O=C(C1CCN(S(=O)(=O)c2ccc(-c3noc(Cc4ccc(F)cc4)n3)cc2)CC1)N1CCCC1. The summed E-state index contributed by atoms with van der Waals surface area (Å²) in [4.78, 5) is 19.1. The number of carbonyl (C=O) groups excluding carboxylic acids is 1. The van der Waals surface area contributed by atoms with Gasteiger partial charge in [-0.05, 0) is 67.6 Å². The quantitative estimate of drug-likeness (QED) is 0.516. The number of hydrogen-bond acceptors (Lipinski definition) is 6. The first-order valence-electron chi connectivity index (χ1n) is 11.9. The number of likely N-dealkylation sites (tertiary alicyclic amines) is 1. The molecule has 5 rings (SSSR count). The Kier molecular flexibility index (Phi) is 6.66. The molecule has 1 aromatic heterocycles. The van der Waals surface area contributed by atoms with E-state index in [9.17, 15) is 17.6 Å². The fourth-order valence-corrected chi connectivity index (χ4v) is 6.15. The molecule has 2 fully saturated rings. The van der Waals surface area contributed by atoms with Crippen LogP contribution in [0.25, 0.3) is 11.4 Å². The van der Waals surface area contributed by atoms with Gasteiger partial charge in [0.25, 0.3) is 0 Å². The zero-order valence-electron chi connectivity index (χ0n) is 19.3. The topological polar surface area (TPSA) is 96.6 Å². The van der Waals surface area contributed by atoms with E-state index in [0.29, 0.717) is 49.6 Å². The molecule has 3 heterocycles. The second-order valence-corrected chi connectivity index (χ2v) is 11.0. The highest BCUT2D eigenvalue weighted by Gasteiger charge is 2.34. The van der Waals surface area contributed by atoms with Crippen LogP contribution >= 0.6 is 0 Å². The van der Waals surface area contributed by atoms with E-state index in [2.05, 4.69) is 10.1 Å². The number of carbonyl (C=O) groups is 1. The molecule has 2 saturated heterocycles. The Morgan fingerprint density at radius 2 is 1.63 bits per heavy atom. The molecule has 2 aliphatic rings. The van der Waals surface area contributed by atoms with Crippen LogP contribution < -0.4 is 0 Å². The van der Waals surface area contributed by atoms with Crippen molar-refractivity contribution < 1.29 is 22.1 Å². The van der Waals surface area contributed by atoms with Crippen molar-refractivity contribution in [3.63, 3.8) is 0 Å². The first-order valence-corrected chi connectivity index (χ1v) is 13.3. The van der Waals surface area contributed by atoms with E-state index in [1.165, 1.54) is 16.4 Å². The van der Waals surface area contributed by atoms with Gasteiger partial charge in [0.2, 0.25) is 27.6 Å². The minimum absolute atomic E-state index is 0.0933. The van der Waals surface area contributed by atoms with E-state index in [0.717, 1.165) is 31.5 Å². The number of halogens is 1. The predicted molar refractivity (Wildman–Crippen MR) is 126 cm³/mol. The molecule has 0 unspecified atom stereocenters. The van der Waals surface area contributed by atoms with Crippen molar-refractivity contribution in [3.8, 4) is 11.4 Å². The van der Waals surface area contributed by atoms with Gasteiger partial charge in [0.05, 0.1) is 11.3 Å². The van der Waals surface area contributed by atoms with Crippen molar-refractivity contribution in [1.29, 1.82) is 0 Å². The molecule has 8 nitrogen and oxygen atoms in total. The lowest BCUT2D eigenvalue weighted by Gasteiger charge is -2.32. The first kappa shape index (κ1) is 23.6. The average Bonchev–Trinajstić information content (AvgIpc) is 3.58. The monoisotopic (exact) mass is 498 g/mol. The van der Waals surface area contributed by atoms with E-state index < -0.39 is 10.0 Å². The lowest BCUT2D eigenvalue weighted by molar-refractivity contribution is -0.135. The first-order chi connectivity index (χ1) is 16.9. The van der Waals surface area contributed by atoms with Crippen molar-refractivity contribution >= 4 is 15.9 Å². The molecule has 35 heavy (non-hydrogen) atoms. The summed E-state index contributed by atoms with van der Waals surface area (Å²) in [6.07, 6.45) is 3.57. The van der Waals surface area contributed by atoms with Gasteiger partial charge in [-0.25, -0.2) is 12.8 Å². The molecule has 10 heteroatoms. The predicted octanol–water partition coefficient (Wildman–Crippen LogP) is 3.49. The van der Waals surface area contributed by atoms with Crippen LogP contribution in [0.15, 0.2) is 57.9 Å². The number of hydrogen-bond donors (Lipinski definition) is 0. The number of sulfonamides is 1. The molecular weight excluding hydrogens is 471 g/mol. The van der Waals surface area contributed by atoms with E-state index in [-0.39, 0.29) is 22.5 Å². The summed E-state index contributed by atoms with van der Waals surface area (Å²) in [5.41, 5.74) is 1.47. The molecule has 0 atom stereocenters. The number of aromatic nitrogens is 2. The number of piperidine rings is 1. The van der Waals surface area contributed by atoms with Gasteiger partial charge in [0, 0.05) is 37.7 Å². The normalized spacial score (nSPS) is 17.7. The third kappa shape index (κ3) is 5.13. The van der Waals surface area contributed by atoms with Crippen LogP contribution in [0, 0.1) is 11.7 Å². The highest BCUT2D eigenvalue weighted by atomic mass is 32.2. The van der Waals surface area contributed by atoms with Crippen LogP contribution in [0.1, 0.15) is 37.1 Å². The van der Waals surface area contributed by atoms with Gasteiger partial charge in [0.1, 0.15) is 5.82 Å². The van der Waals surface area contributed by atoms with Gasteiger partial charge in [-0.3, -0.25) is 4.79 Å². The van der Waals surface area contributed by atoms with Crippen molar-refractivity contribution in [2.24, 2.45) is 5.92 Å². The van der Waals surface area contributed by atoms with Gasteiger partial charge in [-0.2, -0.15) is 9.29 Å². The summed E-state index contributed by atoms with van der Waals surface area (Å²) >= 11 is 0. The third-order valence-electron chi connectivity index (χ3n) is 6.71. The summed E-state index contributed by atoms with van der Waals surface area (Å²) < 4.78 is 46.2. The zero-order chi connectivity index (χ0) is 24.4. The Bertz CT molecular complexity index is 1280. The van der Waals surface area contributed by atoms with Crippen molar-refractivity contribution in [1.82, 2.24) is 19.3 Å². The maximum atomic E-state index is 13.2. The number of benzene rings is 2. The van der Waals surface area contributed by atoms with Crippen LogP contribution in [-0.4, -0.2) is 59.8 Å². The molecule has 1 amide bonds. The van der Waals surface area contributed by atoms with E-state index in [1.807, 2.05) is 4.90 Å². The summed E-state index contributed by atoms with van der Waals surface area (Å²) in [6, 6.07) is 12.5. The van der Waals surface area contributed by atoms with Crippen molar-refractivity contribution in [2.45, 2.75) is 37.0 Å². The Morgan fingerprint density at radius 1 is 0.971 bits per heavy atom. The van der Waals surface area contributed by atoms with Gasteiger partial charge >= 0.3 is 0 Å². The molecule has 0 saturated carbocycles. The van der Waals surface area contributed by atoms with Crippen LogP contribution in [-0.2, 0) is 21.2 Å². The minimum Gasteiger partial charge on any atom is -0.342 e. The van der Waals surface area contributed by atoms with Crippen LogP contribution in [0.5, 0.6) is 0 Å². The zero-order valence-corrected chi connectivity index (χ0v) is 20.1. The molecule has 0 radical (unpaired) electrons. The number of nitrogens with zero attached hydrogens (tertiary/aromatic N) is 4. The highest BCUT2D eigenvalue weighted by Crippen LogP contribution is 2.27. The van der Waals surface area contributed by atoms with Crippen molar-refractivity contribution in [2.75, 3.05) is 26.2 Å². The fourth-order valence-electron chi connectivity index (χ4n) is 4.68. The Morgan fingerprint density at radius 3 is 2.29 bits per heavy atom. The Hall–Kier alpha value is -3.11. The Balaban J connectivity index is 1.22. The minimum atomic E-state index is -3.65. The lowest BCUT2D eigenvalue weighted by atomic mass is 9.97. The van der Waals surface area contributed by atoms with Gasteiger partial charge in [-0.15, -0.1) is 0 Å². The van der Waals surface area contributed by atoms with E-state index >= 15 is 0 Å². The van der Waals surface area contributed by atoms with E-state index in [4.69, 9.17) is 4.52 Å². The number of amides is 1. The second-order valence-electron chi connectivity index (χ2n) is 9.05. The molecule has 184 valence electrons. The van der Waals surface area contributed by atoms with Gasteiger partial charge < -0.3 is 9.42 Å². The maximum absolute atomic E-state index is 13.2. The lowest BCUT2D eigenvalue weighted by Crippen LogP contribution is -2.43. The van der Waals surface area contributed by atoms with Crippen LogP contribution in [0.3, 0.4) is 0 Å². The molecule has 0 bridgehead atoms. The van der Waals surface area contributed by atoms with Gasteiger partial charge in [-0.1, -0.05) is 17.3 Å². The maximum Gasteiger partial charge on any atom is 0.243 e. The smallest absolute Gasteiger partial charge is 0.243 e. The average molecular weight is 499 g/mol. The molecule has 2 aliphatic heterocycles. The van der Waals surface area contributed by atoms with Gasteiger partial charge in [0.15, 0.2) is 0 Å². The summed E-state index contributed by atoms with van der Waals surface area (Å²) in [5, 5.41) is 3.98. The molecule has 2 aromatic carbocycles. The van der Waals surface area contributed by atoms with Crippen molar-refractivity contribution in [3.05, 3.63) is 65.8 Å². The molecule has 3 aromatic rings. The third-order valence-corrected chi connectivity index (χ3v) is 8.62. The largest absolute Gasteiger partial charge is 0.342 e. The van der Waals surface area contributed by atoms with E-state index in [1.54, 1.807) is 36.4 Å². The van der Waals surface area contributed by atoms with Crippen LogP contribution in [0.2, 0.25) is 0 Å². The fraction of sp³-hybridized carbons (Fsp3) is 0.400. The summed E-state index contributed by atoms with van der Waals surface area (Å²) in [6.45, 7) is 2.31. The molecule has 0 spiro atoms.